The number of benzene rings is 1. The van der Waals surface area contributed by atoms with Crippen molar-refractivity contribution in [3.63, 3.8) is 0 Å². The van der Waals surface area contributed by atoms with Crippen LogP contribution in [0.4, 0.5) is 0 Å². The van der Waals surface area contributed by atoms with Crippen molar-refractivity contribution in [2.24, 2.45) is 0 Å². The maximum absolute atomic E-state index is 10.2. The first-order valence-corrected chi connectivity index (χ1v) is 6.70. The highest BCUT2D eigenvalue weighted by Gasteiger charge is 2.22. The van der Waals surface area contributed by atoms with Crippen LogP contribution in [-0.4, -0.2) is 28.8 Å². The largest absolute Gasteiger partial charge is 0.388 e. The van der Waals surface area contributed by atoms with Crippen molar-refractivity contribution in [2.75, 3.05) is 13.1 Å². The average molecular weight is 250 g/mol. The highest BCUT2D eigenvalue weighted by atomic mass is 32.1. The minimum absolute atomic E-state index is 0.597. The van der Waals surface area contributed by atoms with Gasteiger partial charge in [-0.05, 0) is 25.6 Å². The van der Waals surface area contributed by atoms with Gasteiger partial charge in [0, 0.05) is 13.0 Å². The third-order valence-corrected chi connectivity index (χ3v) is 3.66. The van der Waals surface area contributed by atoms with E-state index >= 15 is 0 Å². The fraction of sp³-hybridized carbons (Fsp3) is 0.462. The van der Waals surface area contributed by atoms with Gasteiger partial charge >= 0.3 is 0 Å². The lowest BCUT2D eigenvalue weighted by Crippen LogP contribution is -2.39. The van der Waals surface area contributed by atoms with E-state index < -0.39 is 5.60 Å². The second-order valence-corrected chi connectivity index (χ2v) is 5.64. The second-order valence-electron chi connectivity index (χ2n) is 4.53. The Morgan fingerprint density at radius 2 is 2.18 bits per heavy atom. The van der Waals surface area contributed by atoms with Crippen LogP contribution in [0.25, 0.3) is 10.2 Å². The van der Waals surface area contributed by atoms with E-state index in [0.29, 0.717) is 13.0 Å². The Bertz CT molecular complexity index is 460. The predicted octanol–water partition coefficient (Wildman–Crippen LogP) is 2.20. The molecule has 0 fully saturated rings. The van der Waals surface area contributed by atoms with Crippen LogP contribution in [0.5, 0.6) is 0 Å². The average Bonchev–Trinajstić information content (AvgIpc) is 2.67. The Labute approximate surface area is 106 Å². The second kappa shape index (κ2) is 5.12. The van der Waals surface area contributed by atoms with Gasteiger partial charge in [-0.1, -0.05) is 19.1 Å². The molecule has 17 heavy (non-hydrogen) atoms. The monoisotopic (exact) mass is 250 g/mol. The zero-order valence-corrected chi connectivity index (χ0v) is 11.0. The molecule has 0 amide bonds. The van der Waals surface area contributed by atoms with Crippen molar-refractivity contribution >= 4 is 21.6 Å². The molecule has 92 valence electrons. The van der Waals surface area contributed by atoms with Gasteiger partial charge in [0.1, 0.15) is 0 Å². The molecule has 0 aliphatic carbocycles. The quantitative estimate of drug-likeness (QED) is 0.855. The highest BCUT2D eigenvalue weighted by molar-refractivity contribution is 7.18. The lowest BCUT2D eigenvalue weighted by Gasteiger charge is -2.22. The summed E-state index contributed by atoms with van der Waals surface area (Å²) in [4.78, 5) is 4.54. The van der Waals surface area contributed by atoms with Crippen LogP contribution in [0, 0.1) is 0 Å². The molecule has 0 aliphatic rings. The van der Waals surface area contributed by atoms with E-state index in [-0.39, 0.29) is 0 Å². The van der Waals surface area contributed by atoms with E-state index in [9.17, 15) is 5.11 Å². The number of aliphatic hydroxyl groups is 1. The summed E-state index contributed by atoms with van der Waals surface area (Å²) in [5, 5.41) is 14.4. The minimum Gasteiger partial charge on any atom is -0.388 e. The molecule has 3 nitrogen and oxygen atoms in total. The molecule has 2 aromatic rings. The Kier molecular flexibility index (Phi) is 3.76. The molecule has 0 saturated carbocycles. The van der Waals surface area contributed by atoms with Crippen LogP contribution in [0.3, 0.4) is 0 Å². The van der Waals surface area contributed by atoms with Gasteiger partial charge in [0.25, 0.3) is 0 Å². The van der Waals surface area contributed by atoms with Crippen molar-refractivity contribution < 1.29 is 5.11 Å². The SMILES string of the molecule is CCNCC(C)(O)Cc1nc2ccccc2s1. The van der Waals surface area contributed by atoms with Gasteiger partial charge in [-0.2, -0.15) is 0 Å². The summed E-state index contributed by atoms with van der Waals surface area (Å²) >= 11 is 1.66. The van der Waals surface area contributed by atoms with Crippen LogP contribution < -0.4 is 5.32 Å². The number of para-hydroxylation sites is 1. The first-order valence-electron chi connectivity index (χ1n) is 5.88. The molecule has 4 heteroatoms. The summed E-state index contributed by atoms with van der Waals surface area (Å²) in [5.41, 5.74) is 0.288. The first-order chi connectivity index (χ1) is 8.11. The molecule has 1 heterocycles. The first kappa shape index (κ1) is 12.5. The normalized spacial score (nSPS) is 15.0. The fourth-order valence-electron chi connectivity index (χ4n) is 1.78. The van der Waals surface area contributed by atoms with Crippen LogP contribution in [0.1, 0.15) is 18.9 Å². The third kappa shape index (κ3) is 3.25. The molecular formula is C13H18N2OS. The van der Waals surface area contributed by atoms with Gasteiger partial charge in [-0.15, -0.1) is 11.3 Å². The van der Waals surface area contributed by atoms with Gasteiger partial charge in [-0.25, -0.2) is 4.98 Å². The summed E-state index contributed by atoms with van der Waals surface area (Å²) in [5.74, 6) is 0. The Balaban J connectivity index is 2.12. The zero-order valence-electron chi connectivity index (χ0n) is 10.2. The standard InChI is InChI=1S/C13H18N2OS/c1-3-14-9-13(2,16)8-12-15-10-6-4-5-7-11(10)17-12/h4-7,14,16H,3,8-9H2,1-2H3. The fourth-order valence-corrected chi connectivity index (χ4v) is 2.92. The topological polar surface area (TPSA) is 45.1 Å². The van der Waals surface area contributed by atoms with E-state index in [1.54, 1.807) is 11.3 Å². The van der Waals surface area contributed by atoms with Crippen molar-refractivity contribution in [1.29, 1.82) is 0 Å². The summed E-state index contributed by atoms with van der Waals surface area (Å²) in [6.07, 6.45) is 0.597. The van der Waals surface area contributed by atoms with Gasteiger partial charge < -0.3 is 10.4 Å². The molecule has 1 aromatic heterocycles. The Hall–Kier alpha value is -0.970. The van der Waals surface area contributed by atoms with Gasteiger partial charge in [0.05, 0.1) is 20.8 Å². The van der Waals surface area contributed by atoms with E-state index in [0.717, 1.165) is 17.1 Å². The number of likely N-dealkylation sites (N-methyl/N-ethyl adjacent to an activating group) is 1. The van der Waals surface area contributed by atoms with Crippen molar-refractivity contribution in [2.45, 2.75) is 25.9 Å². The van der Waals surface area contributed by atoms with Crippen LogP contribution in [0.15, 0.2) is 24.3 Å². The van der Waals surface area contributed by atoms with E-state index in [2.05, 4.69) is 16.4 Å². The molecule has 0 saturated heterocycles. The smallest absolute Gasteiger partial charge is 0.0967 e. The van der Waals surface area contributed by atoms with E-state index in [1.165, 1.54) is 4.70 Å². The lowest BCUT2D eigenvalue weighted by atomic mass is 10.0. The minimum atomic E-state index is -0.732. The zero-order chi connectivity index (χ0) is 12.3. The number of rotatable bonds is 5. The van der Waals surface area contributed by atoms with Crippen molar-refractivity contribution in [3.8, 4) is 0 Å². The number of nitrogens with one attached hydrogen (secondary N) is 1. The molecule has 0 radical (unpaired) electrons. The molecule has 2 N–H and O–H groups in total. The maximum Gasteiger partial charge on any atom is 0.0967 e. The van der Waals surface area contributed by atoms with Gasteiger partial charge in [-0.3, -0.25) is 0 Å². The molecule has 2 rings (SSSR count). The maximum atomic E-state index is 10.2. The van der Waals surface area contributed by atoms with E-state index in [4.69, 9.17) is 0 Å². The van der Waals surface area contributed by atoms with Crippen LogP contribution in [0.2, 0.25) is 0 Å². The number of nitrogens with zero attached hydrogens (tertiary/aromatic N) is 1. The number of thiazole rings is 1. The summed E-state index contributed by atoms with van der Waals surface area (Å²) < 4.78 is 1.18. The molecule has 0 bridgehead atoms. The van der Waals surface area contributed by atoms with Crippen LogP contribution >= 0.6 is 11.3 Å². The molecular weight excluding hydrogens is 232 g/mol. The Morgan fingerprint density at radius 1 is 1.41 bits per heavy atom. The lowest BCUT2D eigenvalue weighted by molar-refractivity contribution is 0.0607. The highest BCUT2D eigenvalue weighted by Crippen LogP contribution is 2.24. The molecule has 1 atom stereocenters. The summed E-state index contributed by atoms with van der Waals surface area (Å²) in [6, 6.07) is 8.08. The number of hydrogen-bond donors (Lipinski definition) is 2. The number of aromatic nitrogens is 1. The molecule has 0 spiro atoms. The molecule has 1 unspecified atom stereocenters. The van der Waals surface area contributed by atoms with Crippen molar-refractivity contribution in [1.82, 2.24) is 10.3 Å². The predicted molar refractivity (Wildman–Crippen MR) is 72.5 cm³/mol. The summed E-state index contributed by atoms with van der Waals surface area (Å²) in [7, 11) is 0. The van der Waals surface area contributed by atoms with E-state index in [1.807, 2.05) is 32.0 Å². The summed E-state index contributed by atoms with van der Waals surface area (Å²) in [6.45, 7) is 5.35. The van der Waals surface area contributed by atoms with Crippen LogP contribution in [-0.2, 0) is 6.42 Å². The Morgan fingerprint density at radius 3 is 2.88 bits per heavy atom. The van der Waals surface area contributed by atoms with Crippen molar-refractivity contribution in [3.05, 3.63) is 29.3 Å². The van der Waals surface area contributed by atoms with Gasteiger partial charge in [0.2, 0.25) is 0 Å². The molecule has 1 aromatic carbocycles. The third-order valence-electron chi connectivity index (χ3n) is 2.63. The number of hydrogen-bond acceptors (Lipinski definition) is 4. The molecule has 0 aliphatic heterocycles. The van der Waals surface area contributed by atoms with Gasteiger partial charge in [0.15, 0.2) is 0 Å². The number of fused-ring (bicyclic) bond motifs is 1.